The number of nitro groups is 1. The zero-order chi connectivity index (χ0) is 19.6. The lowest BCUT2D eigenvalue weighted by Gasteiger charge is -2.06. The van der Waals surface area contributed by atoms with Crippen LogP contribution in [0.4, 0.5) is 10.1 Å². The number of ether oxygens (including phenoxy) is 1. The van der Waals surface area contributed by atoms with E-state index in [9.17, 15) is 24.1 Å². The van der Waals surface area contributed by atoms with Gasteiger partial charge in [-0.3, -0.25) is 19.5 Å². The van der Waals surface area contributed by atoms with Crippen LogP contribution in [-0.4, -0.2) is 15.5 Å². The van der Waals surface area contributed by atoms with Crippen LogP contribution < -0.4 is 10.5 Å². The number of fused-ring (bicyclic) bond motifs is 1. The molecule has 0 fully saturated rings. The molecule has 0 radical (unpaired) electrons. The molecule has 10 heteroatoms. The third kappa shape index (κ3) is 4.22. The third-order valence-electron chi connectivity index (χ3n) is 3.74. The first-order valence-electron chi connectivity index (χ1n) is 7.78. The highest BCUT2D eigenvalue weighted by atomic mass is 79.9. The zero-order valence-electron chi connectivity index (χ0n) is 13.7. The van der Waals surface area contributed by atoms with Gasteiger partial charge in [0.25, 0.3) is 5.69 Å². The third-order valence-corrected chi connectivity index (χ3v) is 4.24. The van der Waals surface area contributed by atoms with E-state index in [1.807, 2.05) is 0 Å². The molecule has 3 aromatic rings. The molecule has 0 aliphatic rings. The molecule has 2 aromatic carbocycles. The predicted molar refractivity (Wildman–Crippen MR) is 96.1 cm³/mol. The Labute approximate surface area is 159 Å². The normalized spacial score (nSPS) is 10.9. The number of esters is 1. The van der Waals surface area contributed by atoms with E-state index in [0.29, 0.717) is 9.99 Å². The van der Waals surface area contributed by atoms with Crippen molar-refractivity contribution in [3.63, 3.8) is 0 Å². The maximum atomic E-state index is 13.7. The van der Waals surface area contributed by atoms with Gasteiger partial charge < -0.3 is 9.15 Å². The van der Waals surface area contributed by atoms with Gasteiger partial charge in [-0.15, -0.1) is 0 Å². The van der Waals surface area contributed by atoms with Crippen molar-refractivity contribution >= 4 is 38.7 Å². The van der Waals surface area contributed by atoms with Crippen molar-refractivity contribution in [2.24, 2.45) is 0 Å². The van der Waals surface area contributed by atoms with Crippen LogP contribution in [0, 0.1) is 15.9 Å². The number of carbonyl (C=O) groups excluding carboxylic acids is 1. The molecule has 0 aliphatic carbocycles. The molecule has 0 N–H and O–H groups in total. The second-order valence-corrected chi connectivity index (χ2v) is 6.50. The van der Waals surface area contributed by atoms with Gasteiger partial charge in [0.05, 0.1) is 16.5 Å². The van der Waals surface area contributed by atoms with Gasteiger partial charge in [0.2, 0.25) is 0 Å². The largest absolute Gasteiger partial charge is 0.423 e. The van der Waals surface area contributed by atoms with E-state index in [4.69, 9.17) is 9.15 Å². The van der Waals surface area contributed by atoms with E-state index in [1.165, 1.54) is 28.8 Å². The van der Waals surface area contributed by atoms with Crippen LogP contribution in [0.1, 0.15) is 12.8 Å². The minimum atomic E-state index is -0.683. The number of hydrogen-bond acceptors (Lipinski definition) is 6. The number of nitrogens with zero attached hydrogens (tertiary/aromatic N) is 2. The molecule has 3 rings (SSSR count). The highest BCUT2D eigenvalue weighted by Gasteiger charge is 2.15. The Morgan fingerprint density at radius 2 is 2.07 bits per heavy atom. The quantitative estimate of drug-likeness (QED) is 0.251. The summed E-state index contributed by atoms with van der Waals surface area (Å²) in [5.41, 5.74) is 0.287. The lowest BCUT2D eigenvalue weighted by Crippen LogP contribution is -2.16. The molecule has 0 bridgehead atoms. The number of hydrogen-bond donors (Lipinski definition) is 0. The Bertz CT molecular complexity index is 1090. The van der Waals surface area contributed by atoms with Crippen molar-refractivity contribution in [1.82, 2.24) is 4.57 Å². The Hall–Kier alpha value is -3.01. The molecule has 0 atom stereocenters. The van der Waals surface area contributed by atoms with E-state index < -0.39 is 22.5 Å². The summed E-state index contributed by atoms with van der Waals surface area (Å²) in [6.45, 7) is 0.140. The number of aromatic nitrogens is 1. The Morgan fingerprint density at radius 3 is 2.78 bits per heavy atom. The van der Waals surface area contributed by atoms with E-state index >= 15 is 0 Å². The minimum Gasteiger partial charge on any atom is -0.423 e. The van der Waals surface area contributed by atoms with Gasteiger partial charge in [0, 0.05) is 23.5 Å². The molecule has 0 saturated carbocycles. The number of non-ortho nitro benzene ring substituents is 1. The minimum absolute atomic E-state index is 0.0540. The first kappa shape index (κ1) is 18.8. The number of halogens is 2. The van der Waals surface area contributed by atoms with E-state index in [0.717, 1.165) is 6.07 Å². The van der Waals surface area contributed by atoms with Crippen LogP contribution in [-0.2, 0) is 11.3 Å². The monoisotopic (exact) mass is 438 g/mol. The van der Waals surface area contributed by atoms with Gasteiger partial charge in [-0.05, 0) is 30.7 Å². The summed E-state index contributed by atoms with van der Waals surface area (Å²) in [7, 11) is 0. The van der Waals surface area contributed by atoms with Gasteiger partial charge in [0.15, 0.2) is 17.1 Å². The Kier molecular flexibility index (Phi) is 5.36. The number of aryl methyl sites for hydroxylation is 1. The zero-order valence-corrected chi connectivity index (χ0v) is 15.3. The molecular formula is C17H12BrFN2O6. The molecule has 1 heterocycles. The standard InChI is InChI=1S/C17H12BrFN2O6/c18-10-3-6-14(12(19)8-10)26-16(22)2-1-7-20-13-5-4-11(21(24)25)9-15(13)27-17(20)23/h3-6,8-9H,1-2,7H2. The average Bonchev–Trinajstić information content (AvgIpc) is 2.92. The summed E-state index contributed by atoms with van der Waals surface area (Å²) in [6.07, 6.45) is 0.185. The summed E-state index contributed by atoms with van der Waals surface area (Å²) in [5, 5.41) is 10.8. The van der Waals surface area contributed by atoms with Crippen molar-refractivity contribution in [2.75, 3.05) is 0 Å². The van der Waals surface area contributed by atoms with Crippen LogP contribution in [0.5, 0.6) is 5.75 Å². The fourth-order valence-electron chi connectivity index (χ4n) is 2.49. The second-order valence-electron chi connectivity index (χ2n) is 5.58. The smallest absolute Gasteiger partial charge is 0.419 e. The molecule has 0 spiro atoms. The Balaban J connectivity index is 1.65. The molecule has 8 nitrogen and oxygen atoms in total. The van der Waals surface area contributed by atoms with Gasteiger partial charge in [-0.2, -0.15) is 0 Å². The molecule has 0 unspecified atom stereocenters. The maximum Gasteiger partial charge on any atom is 0.419 e. The summed E-state index contributed by atoms with van der Waals surface area (Å²) < 4.78 is 25.4. The summed E-state index contributed by atoms with van der Waals surface area (Å²) in [6, 6.07) is 7.89. The van der Waals surface area contributed by atoms with Gasteiger partial charge in [-0.25, -0.2) is 9.18 Å². The van der Waals surface area contributed by atoms with Crippen molar-refractivity contribution in [3.8, 4) is 5.75 Å². The lowest BCUT2D eigenvalue weighted by atomic mass is 10.2. The first-order chi connectivity index (χ1) is 12.8. The predicted octanol–water partition coefficient (Wildman–Crippen LogP) is 3.79. The fraction of sp³-hybridized carbons (Fsp3) is 0.176. The fourth-order valence-corrected chi connectivity index (χ4v) is 2.83. The summed E-state index contributed by atoms with van der Waals surface area (Å²) >= 11 is 3.11. The molecule has 27 heavy (non-hydrogen) atoms. The van der Waals surface area contributed by atoms with Gasteiger partial charge in [-0.1, -0.05) is 15.9 Å². The lowest BCUT2D eigenvalue weighted by molar-refractivity contribution is -0.384. The molecular weight excluding hydrogens is 427 g/mol. The van der Waals surface area contributed by atoms with Gasteiger partial charge in [0.1, 0.15) is 0 Å². The molecule has 140 valence electrons. The van der Waals surface area contributed by atoms with Gasteiger partial charge >= 0.3 is 11.7 Å². The maximum absolute atomic E-state index is 13.7. The highest BCUT2D eigenvalue weighted by Crippen LogP contribution is 2.22. The Morgan fingerprint density at radius 1 is 1.30 bits per heavy atom. The van der Waals surface area contributed by atoms with Crippen LogP contribution in [0.3, 0.4) is 0 Å². The topological polar surface area (TPSA) is 105 Å². The SMILES string of the molecule is O=C(CCCn1c(=O)oc2cc([N+](=O)[O-])ccc21)Oc1ccc(Br)cc1F. The molecule has 0 saturated heterocycles. The van der Waals surface area contributed by atoms with E-state index in [2.05, 4.69) is 15.9 Å². The molecule has 0 amide bonds. The molecule has 1 aromatic heterocycles. The highest BCUT2D eigenvalue weighted by molar-refractivity contribution is 9.10. The van der Waals surface area contributed by atoms with E-state index in [1.54, 1.807) is 6.07 Å². The van der Waals surface area contributed by atoms with Crippen LogP contribution in [0.15, 0.2) is 50.1 Å². The molecule has 0 aliphatic heterocycles. The number of rotatable bonds is 6. The van der Waals surface area contributed by atoms with Crippen molar-refractivity contribution in [1.29, 1.82) is 0 Å². The van der Waals surface area contributed by atoms with Crippen molar-refractivity contribution < 1.29 is 23.3 Å². The summed E-state index contributed by atoms with van der Waals surface area (Å²) in [4.78, 5) is 34.0. The van der Waals surface area contributed by atoms with E-state index in [-0.39, 0.29) is 36.4 Å². The number of carbonyl (C=O) groups is 1. The van der Waals surface area contributed by atoms with Crippen LogP contribution >= 0.6 is 15.9 Å². The summed E-state index contributed by atoms with van der Waals surface area (Å²) in [5.74, 6) is -2.18. The number of oxazole rings is 1. The second kappa shape index (κ2) is 7.70. The average molecular weight is 439 g/mol. The number of nitro benzene ring substituents is 1. The van der Waals surface area contributed by atoms with Crippen LogP contribution in [0.25, 0.3) is 11.1 Å². The van der Waals surface area contributed by atoms with Crippen LogP contribution in [0.2, 0.25) is 0 Å². The number of benzene rings is 2. The van der Waals surface area contributed by atoms with Crippen molar-refractivity contribution in [2.45, 2.75) is 19.4 Å². The first-order valence-corrected chi connectivity index (χ1v) is 8.58. The van der Waals surface area contributed by atoms with Crippen molar-refractivity contribution in [3.05, 3.63) is 67.4 Å².